The monoisotopic (exact) mass is 267 g/mol. The van der Waals surface area contributed by atoms with Crippen molar-refractivity contribution in [2.24, 2.45) is 0 Å². The summed E-state index contributed by atoms with van der Waals surface area (Å²) >= 11 is 0. The van der Waals surface area contributed by atoms with Crippen molar-refractivity contribution in [1.29, 1.82) is 0 Å². The largest absolute Gasteiger partial charge is 0.416 e. The Labute approximate surface area is 97.7 Å². The number of sulfonamides is 1. The van der Waals surface area contributed by atoms with E-state index in [1.165, 1.54) is 0 Å². The van der Waals surface area contributed by atoms with Crippen LogP contribution < -0.4 is 4.72 Å². The first-order valence-electron chi connectivity index (χ1n) is 4.82. The fourth-order valence-corrected chi connectivity index (χ4v) is 2.45. The van der Waals surface area contributed by atoms with Crippen LogP contribution in [0, 0.1) is 0 Å². The van der Waals surface area contributed by atoms with E-state index in [1.54, 1.807) is 13.8 Å². The second-order valence-corrected chi connectivity index (χ2v) is 5.51. The van der Waals surface area contributed by atoms with Crippen molar-refractivity contribution in [3.8, 4) is 0 Å². The lowest BCUT2D eigenvalue weighted by atomic mass is 10.2. The van der Waals surface area contributed by atoms with Crippen LogP contribution in [-0.2, 0) is 16.2 Å². The van der Waals surface area contributed by atoms with Crippen LogP contribution in [0.15, 0.2) is 29.2 Å². The predicted octanol–water partition coefficient (Wildman–Crippen LogP) is 2.39. The van der Waals surface area contributed by atoms with E-state index in [1.807, 2.05) is 0 Å². The summed E-state index contributed by atoms with van der Waals surface area (Å²) < 4.78 is 62.3. The lowest BCUT2D eigenvalue weighted by Gasteiger charge is -2.11. The zero-order valence-corrected chi connectivity index (χ0v) is 10.1. The van der Waals surface area contributed by atoms with E-state index >= 15 is 0 Å². The van der Waals surface area contributed by atoms with Gasteiger partial charge in [-0.3, -0.25) is 0 Å². The van der Waals surface area contributed by atoms with Crippen LogP contribution in [0.4, 0.5) is 13.2 Å². The molecule has 17 heavy (non-hydrogen) atoms. The highest BCUT2D eigenvalue weighted by Gasteiger charge is 2.30. The molecular formula is C10H12F3NO2S. The van der Waals surface area contributed by atoms with Crippen LogP contribution in [0.2, 0.25) is 0 Å². The summed E-state index contributed by atoms with van der Waals surface area (Å²) in [4.78, 5) is -0.181. The molecule has 0 atom stereocenters. The zero-order valence-electron chi connectivity index (χ0n) is 9.25. The van der Waals surface area contributed by atoms with Gasteiger partial charge in [0.05, 0.1) is 10.5 Å². The second kappa shape index (κ2) is 4.66. The van der Waals surface area contributed by atoms with E-state index in [9.17, 15) is 21.6 Å². The third kappa shape index (κ3) is 3.71. The van der Waals surface area contributed by atoms with Crippen LogP contribution in [0.1, 0.15) is 19.4 Å². The first-order valence-corrected chi connectivity index (χ1v) is 6.31. The molecule has 1 N–H and O–H groups in total. The van der Waals surface area contributed by atoms with Gasteiger partial charge in [0.2, 0.25) is 10.0 Å². The van der Waals surface area contributed by atoms with Gasteiger partial charge in [-0.15, -0.1) is 0 Å². The minimum atomic E-state index is -4.46. The summed E-state index contributed by atoms with van der Waals surface area (Å²) in [6, 6.07) is 3.05. The standard InChI is InChI=1S/C10H12F3NO2S/c1-7(2)14-17(15,16)9-5-3-8(4-6-9)10(11,12)13/h3-7,14H,1-2H3. The summed E-state index contributed by atoms with van der Waals surface area (Å²) in [7, 11) is -3.74. The smallest absolute Gasteiger partial charge is 0.209 e. The van der Waals surface area contributed by atoms with E-state index in [0.717, 1.165) is 24.3 Å². The van der Waals surface area contributed by atoms with Gasteiger partial charge in [0.25, 0.3) is 0 Å². The number of alkyl halides is 3. The maximum Gasteiger partial charge on any atom is 0.416 e. The second-order valence-electron chi connectivity index (χ2n) is 3.80. The molecule has 1 rings (SSSR count). The minimum Gasteiger partial charge on any atom is -0.209 e. The number of halogens is 3. The lowest BCUT2D eigenvalue weighted by molar-refractivity contribution is -0.137. The first kappa shape index (κ1) is 14.0. The third-order valence-electron chi connectivity index (χ3n) is 1.88. The molecule has 0 unspecified atom stereocenters. The Bertz CT molecular complexity index is 477. The predicted molar refractivity (Wildman–Crippen MR) is 56.9 cm³/mol. The number of nitrogens with one attached hydrogen (secondary N) is 1. The van der Waals surface area contributed by atoms with Gasteiger partial charge >= 0.3 is 6.18 Å². The van der Waals surface area contributed by atoms with Crippen LogP contribution >= 0.6 is 0 Å². The molecule has 1 aromatic carbocycles. The van der Waals surface area contributed by atoms with Crippen molar-refractivity contribution in [3.63, 3.8) is 0 Å². The van der Waals surface area contributed by atoms with Gasteiger partial charge in [0, 0.05) is 6.04 Å². The van der Waals surface area contributed by atoms with E-state index < -0.39 is 21.8 Å². The number of hydrogen-bond acceptors (Lipinski definition) is 2. The molecule has 0 radical (unpaired) electrons. The number of hydrogen-bond donors (Lipinski definition) is 1. The van der Waals surface area contributed by atoms with Crippen LogP contribution in [0.5, 0.6) is 0 Å². The Morgan fingerprint density at radius 1 is 1.12 bits per heavy atom. The fraction of sp³-hybridized carbons (Fsp3) is 0.400. The van der Waals surface area contributed by atoms with Crippen molar-refractivity contribution in [2.75, 3.05) is 0 Å². The third-order valence-corrected chi connectivity index (χ3v) is 3.56. The SMILES string of the molecule is CC(C)NS(=O)(=O)c1ccc(C(F)(F)F)cc1. The Morgan fingerprint density at radius 2 is 1.59 bits per heavy atom. The molecule has 0 aromatic heterocycles. The van der Waals surface area contributed by atoms with Crippen molar-refractivity contribution >= 4 is 10.0 Å². The summed E-state index contributed by atoms with van der Waals surface area (Å²) in [5, 5.41) is 0. The van der Waals surface area contributed by atoms with Crippen molar-refractivity contribution in [2.45, 2.75) is 31.0 Å². The Hall–Kier alpha value is -1.08. The van der Waals surface area contributed by atoms with Crippen LogP contribution in [0.3, 0.4) is 0 Å². The molecule has 7 heteroatoms. The van der Waals surface area contributed by atoms with Crippen LogP contribution in [-0.4, -0.2) is 14.5 Å². The Kier molecular flexibility index (Phi) is 3.83. The molecule has 1 aromatic rings. The molecule has 96 valence electrons. The minimum absolute atomic E-state index is 0.181. The average molecular weight is 267 g/mol. The van der Waals surface area contributed by atoms with E-state index in [4.69, 9.17) is 0 Å². The van der Waals surface area contributed by atoms with Gasteiger partial charge in [-0.05, 0) is 38.1 Å². The molecule has 0 aliphatic heterocycles. The van der Waals surface area contributed by atoms with Crippen molar-refractivity contribution < 1.29 is 21.6 Å². The maximum absolute atomic E-state index is 12.3. The number of rotatable bonds is 3. The molecular weight excluding hydrogens is 255 g/mol. The highest BCUT2D eigenvalue weighted by molar-refractivity contribution is 7.89. The Morgan fingerprint density at radius 3 is 1.94 bits per heavy atom. The molecule has 0 saturated carbocycles. The lowest BCUT2D eigenvalue weighted by Crippen LogP contribution is -2.30. The van der Waals surface area contributed by atoms with Gasteiger partial charge in [0.15, 0.2) is 0 Å². The van der Waals surface area contributed by atoms with E-state index in [-0.39, 0.29) is 10.9 Å². The molecule has 0 aliphatic carbocycles. The van der Waals surface area contributed by atoms with E-state index in [2.05, 4.69) is 4.72 Å². The van der Waals surface area contributed by atoms with Gasteiger partial charge in [-0.2, -0.15) is 13.2 Å². The maximum atomic E-state index is 12.3. The Balaban J connectivity index is 3.03. The molecule has 0 bridgehead atoms. The van der Waals surface area contributed by atoms with Crippen LogP contribution in [0.25, 0.3) is 0 Å². The summed E-state index contributed by atoms with van der Waals surface area (Å²) in [6.45, 7) is 3.25. The molecule has 0 spiro atoms. The molecule has 0 aliphatic rings. The van der Waals surface area contributed by atoms with Gasteiger partial charge in [-0.25, -0.2) is 13.1 Å². The molecule has 0 fully saturated rings. The molecule has 0 heterocycles. The first-order chi connectivity index (χ1) is 7.63. The number of benzene rings is 1. The average Bonchev–Trinajstić information content (AvgIpc) is 2.14. The van der Waals surface area contributed by atoms with Gasteiger partial charge in [-0.1, -0.05) is 0 Å². The summed E-state index contributed by atoms with van der Waals surface area (Å²) in [5.74, 6) is 0. The zero-order chi connectivity index (χ0) is 13.3. The molecule has 0 saturated heterocycles. The topological polar surface area (TPSA) is 46.2 Å². The van der Waals surface area contributed by atoms with E-state index in [0.29, 0.717) is 0 Å². The molecule has 0 amide bonds. The normalized spacial score (nSPS) is 13.1. The van der Waals surface area contributed by atoms with Crippen molar-refractivity contribution in [1.82, 2.24) is 4.72 Å². The fourth-order valence-electron chi connectivity index (χ4n) is 1.20. The summed E-state index contributed by atoms with van der Waals surface area (Å²) in [5.41, 5.74) is -0.874. The summed E-state index contributed by atoms with van der Waals surface area (Å²) in [6.07, 6.45) is -4.46. The molecule has 3 nitrogen and oxygen atoms in total. The van der Waals surface area contributed by atoms with Gasteiger partial charge in [0.1, 0.15) is 0 Å². The van der Waals surface area contributed by atoms with Crippen molar-refractivity contribution in [3.05, 3.63) is 29.8 Å². The highest BCUT2D eigenvalue weighted by atomic mass is 32.2. The quantitative estimate of drug-likeness (QED) is 0.914. The van der Waals surface area contributed by atoms with Gasteiger partial charge < -0.3 is 0 Å². The highest BCUT2D eigenvalue weighted by Crippen LogP contribution is 2.29.